The summed E-state index contributed by atoms with van der Waals surface area (Å²) in [4.78, 5) is 10.4. The highest BCUT2D eigenvalue weighted by molar-refractivity contribution is 7.81. The van der Waals surface area contributed by atoms with Crippen molar-refractivity contribution in [3.63, 3.8) is 0 Å². The van der Waals surface area contributed by atoms with Gasteiger partial charge in [0.05, 0.1) is 11.8 Å². The zero-order chi connectivity index (χ0) is 5.28. The molecule has 1 aliphatic heterocycles. The Bertz CT molecular complexity index is 89.7. The monoisotopic (exact) mass is 117 g/mol. The zero-order valence-electron chi connectivity index (χ0n) is 3.85. The predicted molar refractivity (Wildman–Crippen MR) is 30.7 cm³/mol. The Hall–Kier alpha value is -0.0200. The van der Waals surface area contributed by atoms with Crippen LogP contribution in [0.1, 0.15) is 0 Å². The summed E-state index contributed by atoms with van der Waals surface area (Å²) in [6, 6.07) is 0.150. The van der Waals surface area contributed by atoms with Crippen molar-refractivity contribution in [1.82, 2.24) is 5.32 Å². The summed E-state index contributed by atoms with van der Waals surface area (Å²) in [5, 5.41) is 2.89. The number of Topliss-reactive ketones (excluding diaryl/α,β-unsaturated/α-hetero) is 1. The van der Waals surface area contributed by atoms with Crippen molar-refractivity contribution < 1.29 is 4.79 Å². The molecule has 0 amide bonds. The van der Waals surface area contributed by atoms with E-state index in [1.54, 1.807) is 0 Å². The van der Waals surface area contributed by atoms with Crippen LogP contribution in [0.4, 0.5) is 0 Å². The molecule has 1 unspecified atom stereocenters. The van der Waals surface area contributed by atoms with Crippen molar-refractivity contribution in [1.29, 1.82) is 0 Å². The Balaban J connectivity index is 2.24. The summed E-state index contributed by atoms with van der Waals surface area (Å²) in [7, 11) is 0. The third-order valence-electron chi connectivity index (χ3n) is 0.953. The van der Waals surface area contributed by atoms with Crippen molar-refractivity contribution in [3.8, 4) is 0 Å². The van der Waals surface area contributed by atoms with Gasteiger partial charge in [0.1, 0.15) is 0 Å². The maximum Gasteiger partial charge on any atom is 0.160 e. The second kappa shape index (κ2) is 1.84. The van der Waals surface area contributed by atoms with Crippen molar-refractivity contribution in [2.24, 2.45) is 0 Å². The van der Waals surface area contributed by atoms with Gasteiger partial charge in [0.25, 0.3) is 0 Å². The van der Waals surface area contributed by atoms with E-state index in [9.17, 15) is 4.79 Å². The third kappa shape index (κ3) is 1.17. The molecule has 0 aromatic rings. The number of ketones is 1. The molecule has 1 N–H and O–H groups in total. The fourth-order valence-corrected chi connectivity index (χ4v) is 0.617. The summed E-state index contributed by atoms with van der Waals surface area (Å²) in [6.07, 6.45) is 0. The van der Waals surface area contributed by atoms with Gasteiger partial charge in [-0.05, 0) is 0 Å². The average molecular weight is 117 g/mol. The van der Waals surface area contributed by atoms with Gasteiger partial charge in [-0.2, -0.15) is 12.6 Å². The van der Waals surface area contributed by atoms with Gasteiger partial charge in [0.2, 0.25) is 0 Å². The van der Waals surface area contributed by atoms with Gasteiger partial charge >= 0.3 is 0 Å². The molecule has 3 heteroatoms. The first-order chi connectivity index (χ1) is 3.34. The van der Waals surface area contributed by atoms with Crippen LogP contribution in [-0.2, 0) is 4.79 Å². The fourth-order valence-electron chi connectivity index (χ4n) is 0.397. The molecule has 0 saturated carbocycles. The van der Waals surface area contributed by atoms with E-state index in [1.807, 2.05) is 0 Å². The summed E-state index contributed by atoms with van der Waals surface area (Å²) >= 11 is 3.81. The minimum Gasteiger partial charge on any atom is -0.304 e. The third-order valence-corrected chi connectivity index (χ3v) is 1.26. The average Bonchev–Trinajstić information content (AvgIpc) is 2.44. The molecule has 0 aliphatic carbocycles. The van der Waals surface area contributed by atoms with Gasteiger partial charge in [-0.1, -0.05) is 0 Å². The van der Waals surface area contributed by atoms with Gasteiger partial charge in [-0.15, -0.1) is 0 Å². The second-order valence-electron chi connectivity index (χ2n) is 1.59. The molecule has 1 saturated heterocycles. The molecule has 1 rings (SSSR count). The molecule has 1 fully saturated rings. The van der Waals surface area contributed by atoms with E-state index in [4.69, 9.17) is 0 Å². The van der Waals surface area contributed by atoms with Crippen LogP contribution in [0.15, 0.2) is 0 Å². The Morgan fingerprint density at radius 2 is 2.57 bits per heavy atom. The Morgan fingerprint density at radius 1 is 2.00 bits per heavy atom. The smallest absolute Gasteiger partial charge is 0.160 e. The van der Waals surface area contributed by atoms with E-state index >= 15 is 0 Å². The number of hydrogen-bond donors (Lipinski definition) is 2. The molecule has 0 radical (unpaired) electrons. The molecule has 1 atom stereocenters. The molecule has 0 aromatic carbocycles. The molecule has 40 valence electrons. The van der Waals surface area contributed by atoms with E-state index in [-0.39, 0.29) is 11.8 Å². The lowest BCUT2D eigenvalue weighted by atomic mass is 10.3. The summed E-state index contributed by atoms with van der Waals surface area (Å²) in [5.41, 5.74) is 0. The number of hydrogen-bond acceptors (Lipinski definition) is 3. The molecule has 0 spiro atoms. The zero-order valence-corrected chi connectivity index (χ0v) is 4.74. The molecule has 0 aromatic heterocycles. The summed E-state index contributed by atoms with van der Waals surface area (Å²) in [6.45, 7) is 0.861. The highest BCUT2D eigenvalue weighted by atomic mass is 32.1. The predicted octanol–water partition coefficient (Wildman–Crippen LogP) is -0.543. The van der Waals surface area contributed by atoms with Crippen LogP contribution in [0.25, 0.3) is 0 Å². The molecule has 0 bridgehead atoms. The summed E-state index contributed by atoms with van der Waals surface area (Å²) in [5.74, 6) is 0.584. The molecule has 1 aliphatic rings. The highest BCUT2D eigenvalue weighted by Crippen LogP contribution is 1.98. The van der Waals surface area contributed by atoms with Crippen molar-refractivity contribution in [3.05, 3.63) is 0 Å². The lowest BCUT2D eigenvalue weighted by Gasteiger charge is -1.82. The van der Waals surface area contributed by atoms with Crippen LogP contribution in [0, 0.1) is 0 Å². The first kappa shape index (κ1) is 5.12. The van der Waals surface area contributed by atoms with Crippen molar-refractivity contribution >= 4 is 18.4 Å². The van der Waals surface area contributed by atoms with E-state index in [1.165, 1.54) is 0 Å². The maximum absolute atomic E-state index is 10.4. The number of nitrogens with one attached hydrogen (secondary N) is 1. The lowest BCUT2D eigenvalue weighted by Crippen LogP contribution is -2.10. The minimum atomic E-state index is 0.150. The Kier molecular flexibility index (Phi) is 1.35. The maximum atomic E-state index is 10.4. The minimum absolute atomic E-state index is 0.150. The lowest BCUT2D eigenvalue weighted by molar-refractivity contribution is -0.116. The van der Waals surface area contributed by atoms with Crippen LogP contribution >= 0.6 is 12.6 Å². The van der Waals surface area contributed by atoms with Crippen LogP contribution in [0.2, 0.25) is 0 Å². The van der Waals surface area contributed by atoms with Gasteiger partial charge < -0.3 is 5.32 Å². The largest absolute Gasteiger partial charge is 0.304 e. The quantitative estimate of drug-likeness (QED) is 0.376. The SMILES string of the molecule is O=C(CS)C1CN1. The van der Waals surface area contributed by atoms with Crippen LogP contribution in [0.3, 0.4) is 0 Å². The highest BCUT2D eigenvalue weighted by Gasteiger charge is 2.26. The first-order valence-corrected chi connectivity index (χ1v) is 2.85. The van der Waals surface area contributed by atoms with Crippen molar-refractivity contribution in [2.45, 2.75) is 6.04 Å². The van der Waals surface area contributed by atoms with Gasteiger partial charge in [0.15, 0.2) is 5.78 Å². The van der Waals surface area contributed by atoms with Crippen LogP contribution in [-0.4, -0.2) is 24.1 Å². The van der Waals surface area contributed by atoms with Crippen LogP contribution in [0.5, 0.6) is 0 Å². The molecule has 2 nitrogen and oxygen atoms in total. The molecule has 1 heterocycles. The fraction of sp³-hybridized carbons (Fsp3) is 0.750. The molecular weight excluding hydrogens is 110 g/mol. The Labute approximate surface area is 47.7 Å². The van der Waals surface area contributed by atoms with E-state index in [0.29, 0.717) is 5.75 Å². The number of carbonyl (C=O) groups excluding carboxylic acids is 1. The normalized spacial score (nSPS) is 27.3. The van der Waals surface area contributed by atoms with Gasteiger partial charge in [-0.3, -0.25) is 4.79 Å². The van der Waals surface area contributed by atoms with Crippen molar-refractivity contribution in [2.75, 3.05) is 12.3 Å². The molecule has 7 heavy (non-hydrogen) atoms. The Morgan fingerprint density at radius 3 is 2.71 bits per heavy atom. The number of rotatable bonds is 2. The van der Waals surface area contributed by atoms with E-state index in [0.717, 1.165) is 6.54 Å². The summed E-state index contributed by atoms with van der Waals surface area (Å²) < 4.78 is 0. The number of carbonyl (C=O) groups is 1. The molecular formula is C4H7NOS. The topological polar surface area (TPSA) is 39.0 Å². The first-order valence-electron chi connectivity index (χ1n) is 2.21. The van der Waals surface area contributed by atoms with Gasteiger partial charge in [0, 0.05) is 6.54 Å². The van der Waals surface area contributed by atoms with Gasteiger partial charge in [-0.25, -0.2) is 0 Å². The second-order valence-corrected chi connectivity index (χ2v) is 1.90. The standard InChI is InChI=1S/C4H7NOS/c6-4(2-7)3-1-5-3/h3,5,7H,1-2H2. The number of thiol groups is 1. The van der Waals surface area contributed by atoms with E-state index < -0.39 is 0 Å². The van der Waals surface area contributed by atoms with E-state index in [2.05, 4.69) is 17.9 Å². The van der Waals surface area contributed by atoms with Crippen LogP contribution < -0.4 is 5.32 Å².